The molecule has 0 unspecified atom stereocenters. The smallest absolute Gasteiger partial charge is 0.307 e. The number of hydrogen-bond donors (Lipinski definition) is 1. The van der Waals surface area contributed by atoms with E-state index in [0.717, 1.165) is 0 Å². The van der Waals surface area contributed by atoms with E-state index in [1.165, 1.54) is 19.2 Å². The number of nitrogens with one attached hydrogen (secondary N) is 1. The number of aromatic nitrogens is 2. The molecule has 0 atom stereocenters. The lowest BCUT2D eigenvalue weighted by atomic mass is 10.2. The van der Waals surface area contributed by atoms with Crippen molar-refractivity contribution < 1.29 is 23.2 Å². The molecule has 24 heavy (non-hydrogen) atoms. The molecule has 0 aliphatic rings. The summed E-state index contributed by atoms with van der Waals surface area (Å²) >= 11 is 0. The van der Waals surface area contributed by atoms with Crippen LogP contribution in [0.3, 0.4) is 0 Å². The Morgan fingerprint density at radius 3 is 2.71 bits per heavy atom. The summed E-state index contributed by atoms with van der Waals surface area (Å²) in [6.07, 6.45) is 1.43. The lowest BCUT2D eigenvalue weighted by Crippen LogP contribution is -2.26. The van der Waals surface area contributed by atoms with Gasteiger partial charge in [0.2, 0.25) is 17.6 Å². The summed E-state index contributed by atoms with van der Waals surface area (Å²) in [7, 11) is 1.30. The van der Waals surface area contributed by atoms with Gasteiger partial charge in [-0.1, -0.05) is 5.16 Å². The van der Waals surface area contributed by atoms with Gasteiger partial charge in [0, 0.05) is 24.9 Å². The SMILES string of the molecule is COC(=O)CCNC(=O)CCCc1nc(-c2ccc(F)cc2)no1. The number of benzene rings is 1. The van der Waals surface area contributed by atoms with Gasteiger partial charge in [-0.3, -0.25) is 9.59 Å². The second-order valence-electron chi connectivity index (χ2n) is 5.05. The van der Waals surface area contributed by atoms with E-state index in [1.54, 1.807) is 12.1 Å². The number of ether oxygens (including phenoxy) is 1. The van der Waals surface area contributed by atoms with Crippen LogP contribution in [-0.2, 0) is 20.7 Å². The van der Waals surface area contributed by atoms with Gasteiger partial charge in [-0.15, -0.1) is 0 Å². The van der Waals surface area contributed by atoms with Gasteiger partial charge < -0.3 is 14.6 Å². The Morgan fingerprint density at radius 2 is 2.00 bits per heavy atom. The number of carbonyl (C=O) groups excluding carboxylic acids is 2. The van der Waals surface area contributed by atoms with Crippen molar-refractivity contribution in [2.24, 2.45) is 0 Å². The van der Waals surface area contributed by atoms with Crippen molar-refractivity contribution in [2.75, 3.05) is 13.7 Å². The summed E-state index contributed by atoms with van der Waals surface area (Å²) < 4.78 is 22.5. The minimum absolute atomic E-state index is 0.146. The van der Waals surface area contributed by atoms with Gasteiger partial charge in [-0.2, -0.15) is 4.98 Å². The Kier molecular flexibility index (Phi) is 6.41. The Hall–Kier alpha value is -2.77. The van der Waals surface area contributed by atoms with Gasteiger partial charge in [-0.05, 0) is 30.7 Å². The number of halogens is 1. The van der Waals surface area contributed by atoms with Crippen LogP contribution in [0.25, 0.3) is 11.4 Å². The molecule has 0 radical (unpaired) electrons. The van der Waals surface area contributed by atoms with Crippen LogP contribution in [0.1, 0.15) is 25.2 Å². The van der Waals surface area contributed by atoms with Crippen molar-refractivity contribution in [2.45, 2.75) is 25.7 Å². The third-order valence-corrected chi connectivity index (χ3v) is 3.24. The average molecular weight is 335 g/mol. The quantitative estimate of drug-likeness (QED) is 0.740. The molecule has 0 bridgehead atoms. The maximum absolute atomic E-state index is 12.9. The number of rotatable bonds is 8. The number of aryl methyl sites for hydroxylation is 1. The van der Waals surface area contributed by atoms with E-state index in [4.69, 9.17) is 4.52 Å². The standard InChI is InChI=1S/C16H18FN3O4/c1-23-15(22)9-10-18-13(21)3-2-4-14-19-16(20-24-14)11-5-7-12(17)8-6-11/h5-8H,2-4,9-10H2,1H3,(H,18,21). The van der Waals surface area contributed by atoms with Gasteiger partial charge in [0.25, 0.3) is 0 Å². The molecule has 8 heteroatoms. The maximum atomic E-state index is 12.9. The van der Waals surface area contributed by atoms with Crippen LogP contribution in [-0.4, -0.2) is 35.7 Å². The third kappa shape index (κ3) is 5.45. The van der Waals surface area contributed by atoms with E-state index in [0.29, 0.717) is 30.1 Å². The molecular weight excluding hydrogens is 317 g/mol. The van der Waals surface area contributed by atoms with Crippen LogP contribution in [0.15, 0.2) is 28.8 Å². The zero-order chi connectivity index (χ0) is 17.4. The topological polar surface area (TPSA) is 94.3 Å². The van der Waals surface area contributed by atoms with Crippen molar-refractivity contribution in [1.82, 2.24) is 15.5 Å². The molecular formula is C16H18FN3O4. The summed E-state index contributed by atoms with van der Waals surface area (Å²) in [5, 5.41) is 6.46. The molecule has 1 heterocycles. The Bertz CT molecular complexity index is 685. The molecule has 7 nitrogen and oxygen atoms in total. The lowest BCUT2D eigenvalue weighted by Gasteiger charge is -2.03. The van der Waals surface area contributed by atoms with Crippen LogP contribution >= 0.6 is 0 Å². The van der Waals surface area contributed by atoms with Crippen LogP contribution in [0.4, 0.5) is 4.39 Å². The van der Waals surface area contributed by atoms with Crippen molar-refractivity contribution in [3.8, 4) is 11.4 Å². The van der Waals surface area contributed by atoms with Crippen molar-refractivity contribution in [3.05, 3.63) is 36.0 Å². The predicted octanol–water partition coefficient (Wildman–Crippen LogP) is 1.88. The molecule has 0 saturated carbocycles. The molecule has 0 spiro atoms. The number of methoxy groups -OCH3 is 1. The Labute approximate surface area is 138 Å². The molecule has 2 rings (SSSR count). The highest BCUT2D eigenvalue weighted by Crippen LogP contribution is 2.16. The average Bonchev–Trinajstić information content (AvgIpc) is 3.04. The van der Waals surface area contributed by atoms with E-state index in [9.17, 15) is 14.0 Å². The number of hydrogen-bond acceptors (Lipinski definition) is 6. The second kappa shape index (κ2) is 8.76. The fraction of sp³-hybridized carbons (Fsp3) is 0.375. The first-order valence-corrected chi connectivity index (χ1v) is 7.50. The lowest BCUT2D eigenvalue weighted by molar-refractivity contribution is -0.140. The third-order valence-electron chi connectivity index (χ3n) is 3.24. The van der Waals surface area contributed by atoms with E-state index in [1.807, 2.05) is 0 Å². The fourth-order valence-corrected chi connectivity index (χ4v) is 1.97. The summed E-state index contributed by atoms with van der Waals surface area (Å²) in [6.45, 7) is 0.251. The summed E-state index contributed by atoms with van der Waals surface area (Å²) in [6, 6.07) is 5.78. The zero-order valence-corrected chi connectivity index (χ0v) is 13.3. The van der Waals surface area contributed by atoms with Crippen LogP contribution < -0.4 is 5.32 Å². The predicted molar refractivity (Wildman–Crippen MR) is 82.3 cm³/mol. The fourth-order valence-electron chi connectivity index (χ4n) is 1.97. The van der Waals surface area contributed by atoms with E-state index < -0.39 is 0 Å². The monoisotopic (exact) mass is 335 g/mol. The van der Waals surface area contributed by atoms with E-state index in [-0.39, 0.29) is 37.1 Å². The van der Waals surface area contributed by atoms with Crippen LogP contribution in [0.2, 0.25) is 0 Å². The minimum Gasteiger partial charge on any atom is -0.469 e. The molecule has 0 fully saturated rings. The second-order valence-corrected chi connectivity index (χ2v) is 5.05. The normalized spacial score (nSPS) is 10.4. The van der Waals surface area contributed by atoms with Gasteiger partial charge in [0.1, 0.15) is 5.82 Å². The molecule has 0 aliphatic carbocycles. The highest BCUT2D eigenvalue weighted by molar-refractivity contribution is 5.76. The van der Waals surface area contributed by atoms with Crippen LogP contribution in [0, 0.1) is 5.82 Å². The van der Waals surface area contributed by atoms with E-state index >= 15 is 0 Å². The number of esters is 1. The zero-order valence-electron chi connectivity index (χ0n) is 13.3. The Balaban J connectivity index is 1.72. The van der Waals surface area contributed by atoms with Gasteiger partial charge in [-0.25, -0.2) is 4.39 Å². The van der Waals surface area contributed by atoms with Crippen molar-refractivity contribution in [1.29, 1.82) is 0 Å². The molecule has 2 aromatic rings. The number of amides is 1. The van der Waals surface area contributed by atoms with Crippen LogP contribution in [0.5, 0.6) is 0 Å². The van der Waals surface area contributed by atoms with Crippen molar-refractivity contribution >= 4 is 11.9 Å². The Morgan fingerprint density at radius 1 is 1.25 bits per heavy atom. The summed E-state index contributed by atoms with van der Waals surface area (Å²) in [4.78, 5) is 26.7. The minimum atomic E-state index is -0.366. The molecule has 0 saturated heterocycles. The molecule has 0 aliphatic heterocycles. The van der Waals surface area contributed by atoms with Crippen molar-refractivity contribution in [3.63, 3.8) is 0 Å². The van der Waals surface area contributed by atoms with E-state index in [2.05, 4.69) is 20.2 Å². The summed E-state index contributed by atoms with van der Waals surface area (Å²) in [5.41, 5.74) is 0.659. The first-order chi connectivity index (χ1) is 11.6. The first kappa shape index (κ1) is 17.6. The molecule has 128 valence electrons. The molecule has 1 amide bonds. The molecule has 1 N–H and O–H groups in total. The highest BCUT2D eigenvalue weighted by Gasteiger charge is 2.10. The number of carbonyl (C=O) groups is 2. The molecule has 1 aromatic heterocycles. The highest BCUT2D eigenvalue weighted by atomic mass is 19.1. The van der Waals surface area contributed by atoms with Gasteiger partial charge >= 0.3 is 5.97 Å². The number of nitrogens with zero attached hydrogens (tertiary/aromatic N) is 2. The van der Waals surface area contributed by atoms with Gasteiger partial charge in [0.15, 0.2) is 0 Å². The maximum Gasteiger partial charge on any atom is 0.307 e. The largest absolute Gasteiger partial charge is 0.469 e. The first-order valence-electron chi connectivity index (χ1n) is 7.50. The molecule has 1 aromatic carbocycles. The van der Waals surface area contributed by atoms with Gasteiger partial charge in [0.05, 0.1) is 13.5 Å². The summed E-state index contributed by atoms with van der Waals surface area (Å²) in [5.74, 6) is -0.0587.